The number of benzene rings is 1. The van der Waals surface area contributed by atoms with Crippen LogP contribution >= 0.6 is 11.8 Å². The molecular formula is C14H16N2OS. The summed E-state index contributed by atoms with van der Waals surface area (Å²) in [6.07, 6.45) is 0. The van der Waals surface area contributed by atoms with Crippen LogP contribution in [-0.2, 0) is 5.75 Å². The first-order valence-electron chi connectivity index (χ1n) is 5.68. The van der Waals surface area contributed by atoms with Crippen LogP contribution in [0.4, 0.5) is 5.69 Å². The van der Waals surface area contributed by atoms with Crippen LogP contribution in [0.25, 0.3) is 0 Å². The van der Waals surface area contributed by atoms with Crippen molar-refractivity contribution in [3.8, 4) is 5.88 Å². The molecule has 94 valence electrons. The number of hydrogen-bond donors (Lipinski definition) is 1. The summed E-state index contributed by atoms with van der Waals surface area (Å²) in [7, 11) is 1.62. The minimum atomic E-state index is 0.644. The number of thioether (sulfide) groups is 1. The van der Waals surface area contributed by atoms with E-state index in [4.69, 9.17) is 10.5 Å². The Hall–Kier alpha value is -1.68. The van der Waals surface area contributed by atoms with E-state index >= 15 is 0 Å². The number of anilines is 1. The molecule has 4 heteroatoms. The molecule has 1 heterocycles. The molecule has 0 amide bonds. The Bertz CT molecular complexity index is 543. The van der Waals surface area contributed by atoms with Crippen molar-refractivity contribution in [3.63, 3.8) is 0 Å². The second-order valence-corrected chi connectivity index (χ2v) is 5.02. The Morgan fingerprint density at radius 2 is 2.11 bits per heavy atom. The number of nitrogens with two attached hydrogens (primary N) is 1. The maximum atomic E-state index is 5.94. The molecule has 0 saturated heterocycles. The smallest absolute Gasteiger partial charge is 0.213 e. The maximum absolute atomic E-state index is 5.94. The molecule has 0 aliphatic heterocycles. The van der Waals surface area contributed by atoms with E-state index < -0.39 is 0 Å². The van der Waals surface area contributed by atoms with Crippen molar-refractivity contribution < 1.29 is 4.74 Å². The van der Waals surface area contributed by atoms with E-state index in [0.29, 0.717) is 5.88 Å². The predicted octanol–water partition coefficient (Wildman–Crippen LogP) is 3.27. The molecule has 0 saturated carbocycles. The first kappa shape index (κ1) is 12.8. The fourth-order valence-corrected chi connectivity index (χ4v) is 2.54. The lowest BCUT2D eigenvalue weighted by Gasteiger charge is -2.07. The van der Waals surface area contributed by atoms with Gasteiger partial charge in [-0.1, -0.05) is 12.1 Å². The molecule has 0 radical (unpaired) electrons. The van der Waals surface area contributed by atoms with E-state index in [-0.39, 0.29) is 0 Å². The zero-order valence-electron chi connectivity index (χ0n) is 10.5. The van der Waals surface area contributed by atoms with E-state index in [1.807, 2.05) is 30.3 Å². The topological polar surface area (TPSA) is 48.1 Å². The number of pyridine rings is 1. The van der Waals surface area contributed by atoms with Crippen LogP contribution in [-0.4, -0.2) is 12.1 Å². The van der Waals surface area contributed by atoms with Crippen LogP contribution in [0.5, 0.6) is 5.88 Å². The molecule has 18 heavy (non-hydrogen) atoms. The molecule has 2 aromatic rings. The van der Waals surface area contributed by atoms with E-state index in [1.54, 1.807) is 18.9 Å². The number of nitrogen functional groups attached to an aromatic ring is 1. The van der Waals surface area contributed by atoms with Gasteiger partial charge in [0.05, 0.1) is 12.8 Å². The fourth-order valence-electron chi connectivity index (χ4n) is 1.57. The van der Waals surface area contributed by atoms with Crippen LogP contribution < -0.4 is 10.5 Å². The number of methoxy groups -OCH3 is 1. The van der Waals surface area contributed by atoms with E-state index in [1.165, 1.54) is 5.56 Å². The van der Waals surface area contributed by atoms with Crippen LogP contribution in [0.2, 0.25) is 0 Å². The standard InChI is InChI=1S/C14H16N2OS/c1-10-6-7-12(15)13(8-10)18-9-11-4-3-5-14(16-11)17-2/h3-8H,9,15H2,1-2H3. The SMILES string of the molecule is COc1cccc(CSc2cc(C)ccc2N)n1. The second kappa shape index (κ2) is 5.78. The quantitative estimate of drug-likeness (QED) is 0.677. The zero-order chi connectivity index (χ0) is 13.0. The third-order valence-electron chi connectivity index (χ3n) is 2.53. The van der Waals surface area contributed by atoms with E-state index in [0.717, 1.165) is 22.0 Å². The summed E-state index contributed by atoms with van der Waals surface area (Å²) in [6, 6.07) is 11.8. The molecule has 0 bridgehead atoms. The average molecular weight is 260 g/mol. The van der Waals surface area contributed by atoms with Gasteiger partial charge in [0.15, 0.2) is 0 Å². The Morgan fingerprint density at radius 3 is 2.89 bits per heavy atom. The van der Waals surface area contributed by atoms with Gasteiger partial charge in [-0.05, 0) is 30.7 Å². The van der Waals surface area contributed by atoms with E-state index in [2.05, 4.69) is 18.0 Å². The van der Waals surface area contributed by atoms with Crippen LogP contribution in [0.1, 0.15) is 11.3 Å². The van der Waals surface area contributed by atoms with Crippen LogP contribution in [0.15, 0.2) is 41.3 Å². The van der Waals surface area contributed by atoms with Gasteiger partial charge in [0.25, 0.3) is 0 Å². The van der Waals surface area contributed by atoms with Gasteiger partial charge in [0.2, 0.25) is 5.88 Å². The van der Waals surface area contributed by atoms with Gasteiger partial charge < -0.3 is 10.5 Å². The van der Waals surface area contributed by atoms with Gasteiger partial charge in [-0.3, -0.25) is 0 Å². The van der Waals surface area contributed by atoms with Gasteiger partial charge in [0.1, 0.15) is 0 Å². The first-order chi connectivity index (χ1) is 8.69. The third kappa shape index (κ3) is 3.17. The van der Waals surface area contributed by atoms with Crippen molar-refractivity contribution in [2.75, 3.05) is 12.8 Å². The largest absolute Gasteiger partial charge is 0.481 e. The monoisotopic (exact) mass is 260 g/mol. The summed E-state index contributed by atoms with van der Waals surface area (Å²) in [4.78, 5) is 5.47. The Kier molecular flexibility index (Phi) is 4.10. The summed E-state index contributed by atoms with van der Waals surface area (Å²) < 4.78 is 5.10. The lowest BCUT2D eigenvalue weighted by molar-refractivity contribution is 0.397. The van der Waals surface area contributed by atoms with Gasteiger partial charge in [-0.2, -0.15) is 0 Å². The number of aromatic nitrogens is 1. The molecule has 0 atom stereocenters. The highest BCUT2D eigenvalue weighted by Gasteiger charge is 2.03. The molecule has 0 aliphatic carbocycles. The van der Waals surface area contributed by atoms with Gasteiger partial charge >= 0.3 is 0 Å². The number of rotatable bonds is 4. The highest BCUT2D eigenvalue weighted by atomic mass is 32.2. The Morgan fingerprint density at radius 1 is 1.28 bits per heavy atom. The number of aryl methyl sites for hydroxylation is 1. The summed E-state index contributed by atoms with van der Waals surface area (Å²) in [5.74, 6) is 1.43. The molecular weight excluding hydrogens is 244 g/mol. The third-order valence-corrected chi connectivity index (χ3v) is 3.64. The zero-order valence-corrected chi connectivity index (χ0v) is 11.3. The van der Waals surface area contributed by atoms with E-state index in [9.17, 15) is 0 Å². The fraction of sp³-hybridized carbons (Fsp3) is 0.214. The second-order valence-electron chi connectivity index (χ2n) is 4.00. The molecule has 0 unspecified atom stereocenters. The van der Waals surface area contributed by atoms with Crippen molar-refractivity contribution in [1.82, 2.24) is 4.98 Å². The highest BCUT2D eigenvalue weighted by molar-refractivity contribution is 7.98. The normalized spacial score (nSPS) is 10.3. The maximum Gasteiger partial charge on any atom is 0.213 e. The average Bonchev–Trinajstić information content (AvgIpc) is 2.40. The summed E-state index contributed by atoms with van der Waals surface area (Å²) >= 11 is 1.69. The molecule has 0 spiro atoms. The molecule has 2 N–H and O–H groups in total. The van der Waals surface area contributed by atoms with Crippen LogP contribution in [0.3, 0.4) is 0 Å². The summed E-state index contributed by atoms with van der Waals surface area (Å²) in [6.45, 7) is 2.06. The van der Waals surface area contributed by atoms with Crippen molar-refractivity contribution in [2.24, 2.45) is 0 Å². The highest BCUT2D eigenvalue weighted by Crippen LogP contribution is 2.28. The lowest BCUT2D eigenvalue weighted by Crippen LogP contribution is -1.93. The number of hydrogen-bond acceptors (Lipinski definition) is 4. The number of ether oxygens (including phenoxy) is 1. The van der Waals surface area contributed by atoms with Crippen molar-refractivity contribution in [1.29, 1.82) is 0 Å². The molecule has 3 nitrogen and oxygen atoms in total. The molecule has 1 aromatic heterocycles. The summed E-state index contributed by atoms with van der Waals surface area (Å²) in [5.41, 5.74) is 8.96. The van der Waals surface area contributed by atoms with Gasteiger partial charge in [0, 0.05) is 22.4 Å². The Labute approximate surface area is 111 Å². The first-order valence-corrected chi connectivity index (χ1v) is 6.66. The minimum Gasteiger partial charge on any atom is -0.481 e. The minimum absolute atomic E-state index is 0.644. The van der Waals surface area contributed by atoms with Gasteiger partial charge in [-0.25, -0.2) is 4.98 Å². The van der Waals surface area contributed by atoms with Crippen molar-refractivity contribution in [2.45, 2.75) is 17.6 Å². The molecule has 2 rings (SSSR count). The molecule has 0 aliphatic rings. The lowest BCUT2D eigenvalue weighted by atomic mass is 10.2. The predicted molar refractivity (Wildman–Crippen MR) is 75.9 cm³/mol. The molecule has 1 aromatic carbocycles. The number of nitrogens with zero attached hydrogens (tertiary/aromatic N) is 1. The van der Waals surface area contributed by atoms with Crippen molar-refractivity contribution >= 4 is 17.4 Å². The molecule has 0 fully saturated rings. The summed E-state index contributed by atoms with van der Waals surface area (Å²) in [5, 5.41) is 0. The van der Waals surface area contributed by atoms with Crippen molar-refractivity contribution in [3.05, 3.63) is 47.7 Å². The van der Waals surface area contributed by atoms with Crippen LogP contribution in [0, 0.1) is 6.92 Å². The Balaban J connectivity index is 2.08. The van der Waals surface area contributed by atoms with Gasteiger partial charge in [-0.15, -0.1) is 11.8 Å².